The Morgan fingerprint density at radius 1 is 1.09 bits per heavy atom. The molecule has 0 unspecified atom stereocenters. The van der Waals surface area contributed by atoms with Crippen molar-refractivity contribution in [1.29, 1.82) is 0 Å². The molecule has 0 spiro atoms. The standard InChI is InChI=1S/C23H16ClF3N4O/c24-19-8-4-14(11-18(19)23(25,26)27)12-22(32)29-16-5-7-17-20(30-31-21(17)13-16)9-6-15-3-1-2-10-28-15/h1-11,13H,12H2,(H,29,32)(H,30,31)/b9-6+. The van der Waals surface area contributed by atoms with Crippen LogP contribution in [0.2, 0.25) is 5.02 Å². The number of amides is 1. The van der Waals surface area contributed by atoms with Crippen molar-refractivity contribution in [2.24, 2.45) is 0 Å². The zero-order valence-corrected chi connectivity index (χ0v) is 17.2. The summed E-state index contributed by atoms with van der Waals surface area (Å²) in [5.74, 6) is -0.449. The van der Waals surface area contributed by atoms with Crippen molar-refractivity contribution >= 4 is 46.3 Å². The minimum atomic E-state index is -4.59. The quantitative estimate of drug-likeness (QED) is 0.388. The van der Waals surface area contributed by atoms with Gasteiger partial charge in [-0.05, 0) is 60.2 Å². The lowest BCUT2D eigenvalue weighted by Gasteiger charge is -2.11. The van der Waals surface area contributed by atoms with Crippen LogP contribution in [0.5, 0.6) is 0 Å². The third-order valence-electron chi connectivity index (χ3n) is 4.68. The SMILES string of the molecule is O=C(Cc1ccc(Cl)c(C(F)(F)F)c1)Nc1ccc2c(/C=C/c3ccccn3)n[nH]c2c1. The van der Waals surface area contributed by atoms with Crippen LogP contribution in [0.4, 0.5) is 18.9 Å². The molecular weight excluding hydrogens is 441 g/mol. The van der Waals surface area contributed by atoms with Crippen molar-refractivity contribution in [2.75, 3.05) is 5.32 Å². The minimum absolute atomic E-state index is 0.212. The Bertz CT molecular complexity index is 1300. The molecule has 4 aromatic rings. The second-order valence-electron chi connectivity index (χ2n) is 6.99. The molecular formula is C23H16ClF3N4O. The second kappa shape index (κ2) is 8.84. The van der Waals surface area contributed by atoms with Crippen molar-refractivity contribution in [3.8, 4) is 0 Å². The summed E-state index contributed by atoms with van der Waals surface area (Å²) in [7, 11) is 0. The van der Waals surface area contributed by atoms with Gasteiger partial charge in [-0.2, -0.15) is 18.3 Å². The molecule has 0 aliphatic rings. The molecule has 2 aromatic heterocycles. The molecule has 2 heterocycles. The molecule has 4 rings (SSSR count). The second-order valence-corrected chi connectivity index (χ2v) is 7.40. The summed E-state index contributed by atoms with van der Waals surface area (Å²) < 4.78 is 39.0. The third-order valence-corrected chi connectivity index (χ3v) is 5.01. The lowest BCUT2D eigenvalue weighted by Crippen LogP contribution is -2.15. The highest BCUT2D eigenvalue weighted by Gasteiger charge is 2.33. The summed E-state index contributed by atoms with van der Waals surface area (Å²) in [6.45, 7) is 0. The minimum Gasteiger partial charge on any atom is -0.326 e. The monoisotopic (exact) mass is 456 g/mol. The maximum Gasteiger partial charge on any atom is 0.417 e. The largest absolute Gasteiger partial charge is 0.417 e. The van der Waals surface area contributed by atoms with Crippen LogP contribution >= 0.6 is 11.6 Å². The molecule has 0 saturated heterocycles. The molecule has 0 bridgehead atoms. The van der Waals surface area contributed by atoms with Crippen molar-refractivity contribution in [3.63, 3.8) is 0 Å². The Hall–Kier alpha value is -3.65. The number of aromatic amines is 1. The predicted octanol–water partition coefficient (Wildman–Crippen LogP) is 5.98. The van der Waals surface area contributed by atoms with E-state index >= 15 is 0 Å². The molecule has 0 saturated carbocycles. The number of fused-ring (bicyclic) bond motifs is 1. The van der Waals surface area contributed by atoms with Crippen LogP contribution < -0.4 is 5.32 Å². The predicted molar refractivity (Wildman–Crippen MR) is 118 cm³/mol. The van der Waals surface area contributed by atoms with Gasteiger partial charge in [0.05, 0.1) is 33.9 Å². The lowest BCUT2D eigenvalue weighted by atomic mass is 10.1. The number of rotatable bonds is 5. The van der Waals surface area contributed by atoms with Gasteiger partial charge >= 0.3 is 6.18 Å². The highest BCUT2D eigenvalue weighted by molar-refractivity contribution is 6.31. The number of pyridine rings is 1. The number of benzene rings is 2. The number of anilines is 1. The first-order chi connectivity index (χ1) is 15.3. The molecule has 5 nitrogen and oxygen atoms in total. The van der Waals surface area contributed by atoms with Crippen LogP contribution in [0.1, 0.15) is 22.5 Å². The number of alkyl halides is 3. The maximum absolute atomic E-state index is 13.0. The van der Waals surface area contributed by atoms with E-state index in [9.17, 15) is 18.0 Å². The van der Waals surface area contributed by atoms with Crippen LogP contribution in [0.25, 0.3) is 23.1 Å². The zero-order chi connectivity index (χ0) is 22.7. The van der Waals surface area contributed by atoms with E-state index in [1.807, 2.05) is 30.4 Å². The highest BCUT2D eigenvalue weighted by Crippen LogP contribution is 2.35. The molecule has 162 valence electrons. The van der Waals surface area contributed by atoms with Gasteiger partial charge in [-0.15, -0.1) is 0 Å². The van der Waals surface area contributed by atoms with Gasteiger partial charge in [0.2, 0.25) is 5.91 Å². The summed E-state index contributed by atoms with van der Waals surface area (Å²) in [5.41, 5.74) is 1.96. The van der Waals surface area contributed by atoms with Crippen LogP contribution in [0.3, 0.4) is 0 Å². The van der Waals surface area contributed by atoms with E-state index in [-0.39, 0.29) is 12.0 Å². The fourth-order valence-electron chi connectivity index (χ4n) is 3.17. The van der Waals surface area contributed by atoms with Gasteiger partial charge in [0.25, 0.3) is 0 Å². The Balaban J connectivity index is 1.47. The van der Waals surface area contributed by atoms with Crippen molar-refractivity contribution in [3.05, 3.63) is 88.3 Å². The van der Waals surface area contributed by atoms with Gasteiger partial charge in [-0.25, -0.2) is 0 Å². The first-order valence-corrected chi connectivity index (χ1v) is 9.90. The number of aromatic nitrogens is 3. The molecule has 9 heteroatoms. The Kier molecular flexibility index (Phi) is 5.96. The first-order valence-electron chi connectivity index (χ1n) is 9.52. The number of hydrogen-bond acceptors (Lipinski definition) is 3. The van der Waals surface area contributed by atoms with Gasteiger partial charge in [0.1, 0.15) is 0 Å². The zero-order valence-electron chi connectivity index (χ0n) is 16.4. The van der Waals surface area contributed by atoms with Gasteiger partial charge in [0.15, 0.2) is 0 Å². The normalized spacial score (nSPS) is 11.9. The highest BCUT2D eigenvalue weighted by atomic mass is 35.5. The van der Waals surface area contributed by atoms with E-state index in [0.717, 1.165) is 23.2 Å². The summed E-state index contributed by atoms with van der Waals surface area (Å²) in [4.78, 5) is 16.6. The molecule has 32 heavy (non-hydrogen) atoms. The average Bonchev–Trinajstić information content (AvgIpc) is 3.16. The third kappa shape index (κ3) is 4.97. The van der Waals surface area contributed by atoms with Gasteiger partial charge in [-0.3, -0.25) is 14.9 Å². The molecule has 2 N–H and O–H groups in total. The van der Waals surface area contributed by atoms with Crippen LogP contribution in [0, 0.1) is 0 Å². The molecule has 0 atom stereocenters. The van der Waals surface area contributed by atoms with E-state index in [4.69, 9.17) is 11.6 Å². The van der Waals surface area contributed by atoms with Crippen molar-refractivity contribution in [2.45, 2.75) is 12.6 Å². The topological polar surface area (TPSA) is 70.7 Å². The summed E-state index contributed by atoms with van der Waals surface area (Å²) in [5, 5.41) is 10.3. The van der Waals surface area contributed by atoms with Crippen LogP contribution in [-0.4, -0.2) is 21.1 Å². The van der Waals surface area contributed by atoms with Gasteiger partial charge in [0, 0.05) is 17.3 Å². The number of carbonyl (C=O) groups is 1. The molecule has 0 radical (unpaired) electrons. The van der Waals surface area contributed by atoms with E-state index < -0.39 is 22.7 Å². The van der Waals surface area contributed by atoms with E-state index in [0.29, 0.717) is 16.9 Å². The number of hydrogen-bond donors (Lipinski definition) is 2. The summed E-state index contributed by atoms with van der Waals surface area (Å²) >= 11 is 5.62. The molecule has 0 aliphatic carbocycles. The molecule has 0 fully saturated rings. The number of H-pyrrole nitrogens is 1. The maximum atomic E-state index is 13.0. The smallest absolute Gasteiger partial charge is 0.326 e. The number of carbonyl (C=O) groups excluding carboxylic acids is 1. The number of nitrogens with one attached hydrogen (secondary N) is 2. The first kappa shape index (κ1) is 21.6. The van der Waals surface area contributed by atoms with Crippen LogP contribution in [-0.2, 0) is 17.4 Å². The van der Waals surface area contributed by atoms with Crippen molar-refractivity contribution in [1.82, 2.24) is 15.2 Å². The van der Waals surface area contributed by atoms with E-state index in [2.05, 4.69) is 20.5 Å². The average molecular weight is 457 g/mol. The van der Waals surface area contributed by atoms with E-state index in [1.165, 1.54) is 6.07 Å². The van der Waals surface area contributed by atoms with Crippen LogP contribution in [0.15, 0.2) is 60.8 Å². The molecule has 2 aromatic carbocycles. The number of nitrogens with zero attached hydrogens (tertiary/aromatic N) is 2. The Morgan fingerprint density at radius 3 is 2.69 bits per heavy atom. The van der Waals surface area contributed by atoms with Gasteiger partial charge in [-0.1, -0.05) is 23.7 Å². The van der Waals surface area contributed by atoms with Crippen molar-refractivity contribution < 1.29 is 18.0 Å². The molecule has 0 aliphatic heterocycles. The number of halogens is 4. The lowest BCUT2D eigenvalue weighted by molar-refractivity contribution is -0.137. The van der Waals surface area contributed by atoms with Gasteiger partial charge < -0.3 is 5.32 Å². The Morgan fingerprint density at radius 2 is 1.94 bits per heavy atom. The fourth-order valence-corrected chi connectivity index (χ4v) is 3.40. The van der Waals surface area contributed by atoms with E-state index in [1.54, 1.807) is 24.4 Å². The summed E-state index contributed by atoms with van der Waals surface area (Å²) in [6.07, 6.45) is 0.563. The fraction of sp³-hybridized carbons (Fsp3) is 0.0870. The molecule has 1 amide bonds. The Labute approximate surface area is 185 Å². The summed E-state index contributed by atoms with van der Waals surface area (Å²) in [6, 6.07) is 14.2.